The van der Waals surface area contributed by atoms with E-state index in [1.807, 2.05) is 12.1 Å². The lowest BCUT2D eigenvalue weighted by molar-refractivity contribution is 0.129. The zero-order valence-electron chi connectivity index (χ0n) is 14.4. The van der Waals surface area contributed by atoms with Crippen LogP contribution in [0.4, 0.5) is 5.69 Å². The first-order chi connectivity index (χ1) is 12.3. The number of hydrogen-bond acceptors (Lipinski definition) is 4. The van der Waals surface area contributed by atoms with E-state index < -0.39 is 0 Å². The zero-order valence-corrected chi connectivity index (χ0v) is 15.2. The Balaban J connectivity index is 1.69. The second-order valence-corrected chi connectivity index (χ2v) is 6.47. The maximum Gasteiger partial charge on any atom is 0.0640 e. The van der Waals surface area contributed by atoms with Crippen molar-refractivity contribution in [3.05, 3.63) is 69.9 Å². The highest BCUT2D eigenvalue weighted by Crippen LogP contribution is 2.31. The van der Waals surface area contributed by atoms with Crippen LogP contribution in [0.5, 0.6) is 0 Å². The minimum Gasteiger partial charge on any atom is -0.380 e. The molecule has 0 fully saturated rings. The van der Waals surface area contributed by atoms with E-state index in [0.717, 1.165) is 48.7 Å². The Morgan fingerprint density at radius 3 is 2.72 bits per heavy atom. The molecule has 0 saturated heterocycles. The summed E-state index contributed by atoms with van der Waals surface area (Å²) in [5.41, 5.74) is 8.84. The molecule has 1 aliphatic heterocycles. The van der Waals surface area contributed by atoms with Crippen molar-refractivity contribution in [1.29, 1.82) is 0 Å². The third kappa shape index (κ3) is 4.75. The SMILES string of the molecule is CONC=Cc1ccc(CNc2c(Cl)ccc3c2CCNCC3)cc1. The van der Waals surface area contributed by atoms with Gasteiger partial charge in [-0.3, -0.25) is 10.3 Å². The molecule has 0 aliphatic carbocycles. The smallest absolute Gasteiger partial charge is 0.0640 e. The predicted octanol–water partition coefficient (Wildman–Crippen LogP) is 3.76. The van der Waals surface area contributed by atoms with E-state index in [1.54, 1.807) is 13.3 Å². The zero-order chi connectivity index (χ0) is 17.5. The number of benzene rings is 2. The lowest BCUT2D eigenvalue weighted by Crippen LogP contribution is -2.16. The van der Waals surface area contributed by atoms with E-state index in [0.29, 0.717) is 0 Å². The number of halogens is 1. The van der Waals surface area contributed by atoms with E-state index in [2.05, 4.69) is 46.4 Å². The molecule has 132 valence electrons. The first-order valence-electron chi connectivity index (χ1n) is 8.57. The molecule has 25 heavy (non-hydrogen) atoms. The van der Waals surface area contributed by atoms with Crippen molar-refractivity contribution in [3.63, 3.8) is 0 Å². The molecule has 5 heteroatoms. The van der Waals surface area contributed by atoms with Gasteiger partial charge in [-0.15, -0.1) is 0 Å². The standard InChI is InChI=1S/C20H24ClN3O/c1-25-24-13-8-15-2-4-16(5-3-15)14-23-20-18-10-12-22-11-9-17(18)6-7-19(20)21/h2-8,13,22-24H,9-12,14H2,1H3. The third-order valence-corrected chi connectivity index (χ3v) is 4.71. The quantitative estimate of drug-likeness (QED) is 0.689. The van der Waals surface area contributed by atoms with Crippen LogP contribution in [0.3, 0.4) is 0 Å². The number of hydrogen-bond donors (Lipinski definition) is 3. The molecule has 2 aromatic rings. The summed E-state index contributed by atoms with van der Waals surface area (Å²) < 4.78 is 0. The van der Waals surface area contributed by atoms with Crippen molar-refractivity contribution >= 4 is 23.4 Å². The second-order valence-electron chi connectivity index (χ2n) is 6.06. The van der Waals surface area contributed by atoms with Crippen LogP contribution in [0.15, 0.2) is 42.6 Å². The largest absolute Gasteiger partial charge is 0.380 e. The highest BCUT2D eigenvalue weighted by molar-refractivity contribution is 6.33. The third-order valence-electron chi connectivity index (χ3n) is 4.39. The van der Waals surface area contributed by atoms with Crippen LogP contribution in [0.1, 0.15) is 22.3 Å². The van der Waals surface area contributed by atoms with E-state index in [9.17, 15) is 0 Å². The summed E-state index contributed by atoms with van der Waals surface area (Å²) in [5, 5.41) is 7.79. The van der Waals surface area contributed by atoms with Gasteiger partial charge in [0.05, 0.1) is 17.8 Å². The van der Waals surface area contributed by atoms with Gasteiger partial charge in [-0.1, -0.05) is 41.9 Å². The molecule has 3 N–H and O–H groups in total. The molecule has 1 heterocycles. The van der Waals surface area contributed by atoms with Crippen molar-refractivity contribution in [1.82, 2.24) is 10.8 Å². The Hall–Kier alpha value is -2.01. The number of fused-ring (bicyclic) bond motifs is 1. The molecule has 1 aliphatic rings. The minimum atomic E-state index is 0.754. The topological polar surface area (TPSA) is 45.3 Å². The van der Waals surface area contributed by atoms with Crippen LogP contribution < -0.4 is 16.1 Å². The van der Waals surface area contributed by atoms with Crippen LogP contribution in [0, 0.1) is 0 Å². The Bertz CT molecular complexity index is 728. The van der Waals surface area contributed by atoms with Crippen molar-refractivity contribution < 1.29 is 4.84 Å². The molecule has 0 unspecified atom stereocenters. The molecule has 4 nitrogen and oxygen atoms in total. The number of nitrogens with one attached hydrogen (secondary N) is 3. The van der Waals surface area contributed by atoms with Crippen LogP contribution in [0.25, 0.3) is 6.08 Å². The minimum absolute atomic E-state index is 0.754. The lowest BCUT2D eigenvalue weighted by Gasteiger charge is -2.16. The summed E-state index contributed by atoms with van der Waals surface area (Å²) in [5.74, 6) is 0. The Labute approximate surface area is 154 Å². The summed E-state index contributed by atoms with van der Waals surface area (Å²) in [6.07, 6.45) is 5.79. The highest BCUT2D eigenvalue weighted by atomic mass is 35.5. The average Bonchev–Trinajstić information content (AvgIpc) is 2.88. The van der Waals surface area contributed by atoms with Gasteiger partial charge in [0.15, 0.2) is 0 Å². The molecule has 0 bridgehead atoms. The summed E-state index contributed by atoms with van der Waals surface area (Å²) in [6.45, 7) is 2.78. The van der Waals surface area contributed by atoms with Crippen LogP contribution in [-0.4, -0.2) is 20.2 Å². The second kappa shape index (κ2) is 8.90. The maximum atomic E-state index is 6.47. The number of anilines is 1. The average molecular weight is 358 g/mol. The molecule has 0 saturated carbocycles. The molecular formula is C20H24ClN3O. The molecule has 0 spiro atoms. The van der Waals surface area contributed by atoms with Crippen molar-refractivity contribution in [3.8, 4) is 0 Å². The van der Waals surface area contributed by atoms with Gasteiger partial charge in [-0.05, 0) is 60.3 Å². The van der Waals surface area contributed by atoms with Gasteiger partial charge in [0.1, 0.15) is 0 Å². The Morgan fingerprint density at radius 2 is 1.92 bits per heavy atom. The molecule has 0 aromatic heterocycles. The van der Waals surface area contributed by atoms with Gasteiger partial charge >= 0.3 is 0 Å². The maximum absolute atomic E-state index is 6.47. The summed E-state index contributed by atoms with van der Waals surface area (Å²) in [6, 6.07) is 12.6. The normalized spacial score (nSPS) is 14.2. The molecule has 0 amide bonds. The van der Waals surface area contributed by atoms with Crippen LogP contribution in [-0.2, 0) is 24.2 Å². The van der Waals surface area contributed by atoms with Crippen molar-refractivity contribution in [2.45, 2.75) is 19.4 Å². The fraction of sp³-hybridized carbons (Fsp3) is 0.300. The fourth-order valence-corrected chi connectivity index (χ4v) is 3.31. The van der Waals surface area contributed by atoms with E-state index in [4.69, 9.17) is 16.4 Å². The summed E-state index contributed by atoms with van der Waals surface area (Å²) in [4.78, 5) is 4.78. The van der Waals surface area contributed by atoms with Gasteiger partial charge in [0.2, 0.25) is 0 Å². The van der Waals surface area contributed by atoms with Crippen LogP contribution >= 0.6 is 11.6 Å². The van der Waals surface area contributed by atoms with E-state index in [-0.39, 0.29) is 0 Å². The fourth-order valence-electron chi connectivity index (χ4n) is 3.07. The van der Waals surface area contributed by atoms with Gasteiger partial charge in [-0.2, -0.15) is 0 Å². The first kappa shape index (κ1) is 17.8. The summed E-state index contributed by atoms with van der Waals surface area (Å²) >= 11 is 6.47. The van der Waals surface area contributed by atoms with Crippen molar-refractivity contribution in [2.24, 2.45) is 0 Å². The van der Waals surface area contributed by atoms with Gasteiger partial charge in [0, 0.05) is 12.7 Å². The van der Waals surface area contributed by atoms with E-state index in [1.165, 1.54) is 16.7 Å². The van der Waals surface area contributed by atoms with Crippen molar-refractivity contribution in [2.75, 3.05) is 25.5 Å². The van der Waals surface area contributed by atoms with Gasteiger partial charge < -0.3 is 10.6 Å². The Kier molecular flexibility index (Phi) is 6.34. The number of rotatable bonds is 6. The highest BCUT2D eigenvalue weighted by Gasteiger charge is 2.14. The molecule has 3 rings (SSSR count). The predicted molar refractivity (Wildman–Crippen MR) is 105 cm³/mol. The Morgan fingerprint density at radius 1 is 1.12 bits per heavy atom. The molecule has 0 radical (unpaired) electrons. The van der Waals surface area contributed by atoms with Crippen LogP contribution in [0.2, 0.25) is 5.02 Å². The lowest BCUT2D eigenvalue weighted by atomic mass is 10.0. The number of hydroxylamine groups is 1. The molecule has 2 aromatic carbocycles. The first-order valence-corrected chi connectivity index (χ1v) is 8.94. The molecular weight excluding hydrogens is 334 g/mol. The summed E-state index contributed by atoms with van der Waals surface area (Å²) in [7, 11) is 1.59. The van der Waals surface area contributed by atoms with Gasteiger partial charge in [-0.25, -0.2) is 0 Å². The monoisotopic (exact) mass is 357 g/mol. The van der Waals surface area contributed by atoms with Gasteiger partial charge in [0.25, 0.3) is 0 Å². The molecule has 0 atom stereocenters. The van der Waals surface area contributed by atoms with E-state index >= 15 is 0 Å².